The second kappa shape index (κ2) is 6.77. The van der Waals surface area contributed by atoms with Gasteiger partial charge < -0.3 is 10.2 Å². The number of hydrogen-bond acceptors (Lipinski definition) is 4. The van der Waals surface area contributed by atoms with Gasteiger partial charge in [-0.2, -0.15) is 0 Å². The molecule has 0 aromatic heterocycles. The summed E-state index contributed by atoms with van der Waals surface area (Å²) in [4.78, 5) is 2.32. The van der Waals surface area contributed by atoms with Crippen LogP contribution in [0.25, 0.3) is 0 Å². The molecule has 128 valence electrons. The Balaban J connectivity index is 1.51. The molecule has 0 spiro atoms. The molecule has 1 aromatic rings. The number of nitrogens with one attached hydrogen (secondary N) is 1. The molecule has 4 nitrogen and oxygen atoms in total. The predicted octanol–water partition coefficient (Wildman–Crippen LogP) is 2.27. The summed E-state index contributed by atoms with van der Waals surface area (Å²) in [6.45, 7) is 3.86. The Morgan fingerprint density at radius 3 is 2.30 bits per heavy atom. The molecule has 0 bridgehead atoms. The Hall–Kier alpha value is -1.14. The van der Waals surface area contributed by atoms with Crippen LogP contribution in [0.15, 0.2) is 18.2 Å². The van der Waals surface area contributed by atoms with Crippen molar-refractivity contribution in [1.29, 1.82) is 0 Å². The van der Waals surface area contributed by atoms with Crippen molar-refractivity contribution in [3.63, 3.8) is 0 Å². The number of piperidine rings is 1. The van der Waals surface area contributed by atoms with Crippen LogP contribution in [0.3, 0.4) is 0 Å². The van der Waals surface area contributed by atoms with E-state index in [1.165, 1.54) is 6.07 Å². The van der Waals surface area contributed by atoms with E-state index < -0.39 is 9.84 Å². The zero-order valence-electron chi connectivity index (χ0n) is 13.6. The highest BCUT2D eigenvalue weighted by atomic mass is 32.2. The van der Waals surface area contributed by atoms with Gasteiger partial charge >= 0.3 is 0 Å². The van der Waals surface area contributed by atoms with E-state index >= 15 is 0 Å². The minimum Gasteiger partial charge on any atom is -0.371 e. The van der Waals surface area contributed by atoms with Gasteiger partial charge in [0.15, 0.2) is 0 Å². The average molecular weight is 340 g/mol. The lowest BCUT2D eigenvalue weighted by atomic mass is 10.0. The number of halogens is 1. The normalized spacial score (nSPS) is 23.1. The molecule has 2 aliphatic rings. The zero-order valence-corrected chi connectivity index (χ0v) is 14.4. The highest BCUT2D eigenvalue weighted by Gasteiger charge is 2.27. The van der Waals surface area contributed by atoms with E-state index in [0.29, 0.717) is 23.6 Å². The number of anilines is 1. The van der Waals surface area contributed by atoms with E-state index in [1.807, 2.05) is 13.0 Å². The van der Waals surface area contributed by atoms with Gasteiger partial charge in [0.05, 0.1) is 11.5 Å². The average Bonchev–Trinajstić information content (AvgIpc) is 2.51. The van der Waals surface area contributed by atoms with Gasteiger partial charge in [0.25, 0.3) is 0 Å². The fourth-order valence-corrected chi connectivity index (χ4v) is 5.14. The Kier molecular flexibility index (Phi) is 4.92. The van der Waals surface area contributed by atoms with Crippen LogP contribution >= 0.6 is 0 Å². The first-order chi connectivity index (χ1) is 10.9. The van der Waals surface area contributed by atoms with Gasteiger partial charge in [-0.3, -0.25) is 0 Å². The van der Waals surface area contributed by atoms with Gasteiger partial charge in [-0.15, -0.1) is 0 Å². The number of sulfone groups is 1. The summed E-state index contributed by atoms with van der Waals surface area (Å²) in [6.07, 6.45) is 3.55. The number of hydrogen-bond donors (Lipinski definition) is 1. The van der Waals surface area contributed by atoms with E-state index in [4.69, 9.17) is 0 Å². The number of aryl methyl sites for hydroxylation is 1. The smallest absolute Gasteiger partial charge is 0.150 e. The van der Waals surface area contributed by atoms with Crippen LogP contribution in [0.1, 0.15) is 31.2 Å². The largest absolute Gasteiger partial charge is 0.371 e. The molecule has 0 amide bonds. The van der Waals surface area contributed by atoms with Crippen LogP contribution in [0.2, 0.25) is 0 Å². The summed E-state index contributed by atoms with van der Waals surface area (Å²) in [5, 5.41) is 3.64. The van der Waals surface area contributed by atoms with Crippen LogP contribution in [0.5, 0.6) is 0 Å². The molecule has 0 atom stereocenters. The lowest BCUT2D eigenvalue weighted by Gasteiger charge is -2.37. The van der Waals surface area contributed by atoms with Crippen molar-refractivity contribution in [3.8, 4) is 0 Å². The molecular weight excluding hydrogens is 315 g/mol. The van der Waals surface area contributed by atoms with E-state index in [0.717, 1.165) is 50.0 Å². The summed E-state index contributed by atoms with van der Waals surface area (Å²) in [5.74, 6) is 0.450. The van der Waals surface area contributed by atoms with E-state index in [2.05, 4.69) is 10.2 Å². The molecule has 0 saturated carbocycles. The van der Waals surface area contributed by atoms with Gasteiger partial charge in [-0.05, 0) is 56.4 Å². The van der Waals surface area contributed by atoms with Gasteiger partial charge in [0.2, 0.25) is 0 Å². The van der Waals surface area contributed by atoms with Crippen LogP contribution in [-0.2, 0) is 9.84 Å². The van der Waals surface area contributed by atoms with Crippen molar-refractivity contribution < 1.29 is 12.8 Å². The second-order valence-electron chi connectivity index (χ2n) is 6.78. The van der Waals surface area contributed by atoms with Gasteiger partial charge in [-0.1, -0.05) is 0 Å². The maximum absolute atomic E-state index is 13.2. The maximum Gasteiger partial charge on any atom is 0.150 e. The Bertz CT molecular complexity index is 641. The summed E-state index contributed by atoms with van der Waals surface area (Å²) in [6, 6.07) is 5.77. The molecular formula is C17H25FN2O2S. The van der Waals surface area contributed by atoms with Crippen molar-refractivity contribution in [2.45, 2.75) is 44.7 Å². The molecule has 0 aliphatic carbocycles. The quantitative estimate of drug-likeness (QED) is 0.917. The highest BCUT2D eigenvalue weighted by Crippen LogP contribution is 2.25. The van der Waals surface area contributed by atoms with Crippen molar-refractivity contribution >= 4 is 15.5 Å². The Labute approximate surface area is 138 Å². The lowest BCUT2D eigenvalue weighted by Crippen LogP contribution is -2.48. The van der Waals surface area contributed by atoms with Crippen LogP contribution in [-0.4, -0.2) is 45.1 Å². The molecule has 2 saturated heterocycles. The fourth-order valence-electron chi connectivity index (χ4n) is 3.65. The first kappa shape index (κ1) is 16.7. The van der Waals surface area contributed by atoms with Crippen LogP contribution in [0, 0.1) is 12.7 Å². The van der Waals surface area contributed by atoms with Gasteiger partial charge in [0.1, 0.15) is 15.7 Å². The number of benzene rings is 1. The summed E-state index contributed by atoms with van der Waals surface area (Å²) in [7, 11) is -2.79. The van der Waals surface area contributed by atoms with Crippen molar-refractivity contribution in [3.05, 3.63) is 29.6 Å². The third-order valence-electron chi connectivity index (χ3n) is 5.02. The van der Waals surface area contributed by atoms with Gasteiger partial charge in [-0.25, -0.2) is 12.8 Å². The monoisotopic (exact) mass is 340 g/mol. The topological polar surface area (TPSA) is 49.4 Å². The minimum atomic E-state index is -2.79. The highest BCUT2D eigenvalue weighted by molar-refractivity contribution is 7.91. The molecule has 3 rings (SSSR count). The molecule has 2 fully saturated rings. The van der Waals surface area contributed by atoms with Crippen molar-refractivity contribution in [2.75, 3.05) is 29.5 Å². The van der Waals surface area contributed by atoms with Crippen LogP contribution < -0.4 is 10.2 Å². The standard InChI is InChI=1S/C17H25FN2O2S/c1-13-12-14(18)2-3-17(13)20-8-4-15(5-9-20)19-16-6-10-23(21,22)11-7-16/h2-3,12,15-16,19H,4-11H2,1H3. The molecule has 1 aromatic carbocycles. The lowest BCUT2D eigenvalue weighted by molar-refractivity contribution is 0.349. The molecule has 2 aliphatic heterocycles. The summed E-state index contributed by atoms with van der Waals surface area (Å²) in [5.41, 5.74) is 2.10. The molecule has 23 heavy (non-hydrogen) atoms. The van der Waals surface area contributed by atoms with Gasteiger partial charge in [0, 0.05) is 30.9 Å². The minimum absolute atomic E-state index is 0.185. The van der Waals surface area contributed by atoms with E-state index in [-0.39, 0.29) is 5.82 Å². The Morgan fingerprint density at radius 2 is 1.70 bits per heavy atom. The first-order valence-corrected chi connectivity index (χ1v) is 10.2. The number of nitrogens with zero attached hydrogens (tertiary/aromatic N) is 1. The number of rotatable bonds is 3. The molecule has 0 unspecified atom stereocenters. The molecule has 2 heterocycles. The summed E-state index contributed by atoms with van der Waals surface area (Å²) < 4.78 is 36.2. The SMILES string of the molecule is Cc1cc(F)ccc1N1CCC(NC2CCS(=O)(=O)CC2)CC1. The predicted molar refractivity (Wildman–Crippen MR) is 91.2 cm³/mol. The third-order valence-corrected chi connectivity index (χ3v) is 6.74. The first-order valence-electron chi connectivity index (χ1n) is 8.40. The van der Waals surface area contributed by atoms with Crippen molar-refractivity contribution in [1.82, 2.24) is 5.32 Å². The third kappa shape index (κ3) is 4.23. The van der Waals surface area contributed by atoms with Crippen molar-refractivity contribution in [2.24, 2.45) is 0 Å². The van der Waals surface area contributed by atoms with E-state index in [1.54, 1.807) is 6.07 Å². The zero-order chi connectivity index (χ0) is 16.4. The second-order valence-corrected chi connectivity index (χ2v) is 9.09. The molecule has 6 heteroatoms. The Morgan fingerprint density at radius 1 is 1.09 bits per heavy atom. The molecule has 0 radical (unpaired) electrons. The molecule has 1 N–H and O–H groups in total. The summed E-state index contributed by atoms with van der Waals surface area (Å²) >= 11 is 0. The van der Waals surface area contributed by atoms with E-state index in [9.17, 15) is 12.8 Å². The van der Waals surface area contributed by atoms with Crippen LogP contribution in [0.4, 0.5) is 10.1 Å². The maximum atomic E-state index is 13.2. The fraction of sp³-hybridized carbons (Fsp3) is 0.647.